The number of nitrogens with two attached hydrogens (primary N) is 1. The number of carbonyl (C=O) groups excluding carboxylic acids is 1. The fourth-order valence-corrected chi connectivity index (χ4v) is 4.23. The molecule has 2 N–H and O–H groups in total. The number of rotatable bonds is 4. The topological polar surface area (TPSA) is 90.6 Å². The molecule has 5 aromatic rings. The van der Waals surface area contributed by atoms with E-state index in [4.69, 9.17) is 10.2 Å². The van der Waals surface area contributed by atoms with E-state index in [0.717, 1.165) is 16.6 Å². The lowest BCUT2D eigenvalue weighted by Crippen LogP contribution is -2.22. The minimum absolute atomic E-state index is 0.0176. The molecule has 7 heteroatoms. The Labute approximate surface area is 168 Å². The first-order valence-electron chi connectivity index (χ1n) is 8.99. The summed E-state index contributed by atoms with van der Waals surface area (Å²) < 4.78 is 8.07. The van der Waals surface area contributed by atoms with Gasteiger partial charge in [0.15, 0.2) is 10.7 Å². The SMILES string of the molecule is NCC(=O)c1ccc(-c2ccc(/C=c3/sc4nc5ccccc5n4c3=O)o2)cc1. The van der Waals surface area contributed by atoms with Crippen molar-refractivity contribution in [3.05, 3.63) is 86.9 Å². The van der Waals surface area contributed by atoms with Crippen molar-refractivity contribution in [2.75, 3.05) is 6.54 Å². The summed E-state index contributed by atoms with van der Waals surface area (Å²) in [5, 5.41) is 0. The van der Waals surface area contributed by atoms with Crippen molar-refractivity contribution < 1.29 is 9.21 Å². The summed E-state index contributed by atoms with van der Waals surface area (Å²) in [5.74, 6) is 1.12. The van der Waals surface area contributed by atoms with Gasteiger partial charge >= 0.3 is 0 Å². The molecule has 0 spiro atoms. The number of nitrogens with zero attached hydrogens (tertiary/aromatic N) is 2. The lowest BCUT2D eigenvalue weighted by Gasteiger charge is -2.00. The van der Waals surface area contributed by atoms with Gasteiger partial charge in [0.25, 0.3) is 5.56 Å². The number of hydrogen-bond donors (Lipinski definition) is 1. The number of ketones is 1. The molecule has 2 aromatic carbocycles. The Morgan fingerprint density at radius 3 is 2.69 bits per heavy atom. The molecule has 0 fully saturated rings. The number of imidazole rings is 1. The highest BCUT2D eigenvalue weighted by Crippen LogP contribution is 2.23. The van der Waals surface area contributed by atoms with Gasteiger partial charge in [0.1, 0.15) is 16.1 Å². The van der Waals surface area contributed by atoms with E-state index in [0.29, 0.717) is 26.6 Å². The first kappa shape index (κ1) is 17.5. The zero-order valence-electron chi connectivity index (χ0n) is 15.2. The molecule has 0 radical (unpaired) electrons. The van der Waals surface area contributed by atoms with Gasteiger partial charge in [-0.15, -0.1) is 0 Å². The minimum atomic E-state index is -0.110. The molecule has 3 aromatic heterocycles. The van der Waals surface area contributed by atoms with Crippen molar-refractivity contribution >= 4 is 39.2 Å². The molecule has 0 saturated heterocycles. The number of furan rings is 1. The zero-order chi connectivity index (χ0) is 20.0. The molecule has 0 unspecified atom stereocenters. The number of Topliss-reactive ketones (excluding diaryl/α,β-unsaturated/α-hetero) is 1. The predicted octanol–water partition coefficient (Wildman–Crippen LogP) is 2.86. The molecule has 0 aliphatic heterocycles. The zero-order valence-corrected chi connectivity index (χ0v) is 16.0. The second-order valence-electron chi connectivity index (χ2n) is 6.54. The van der Waals surface area contributed by atoms with Gasteiger partial charge in [-0.1, -0.05) is 47.7 Å². The van der Waals surface area contributed by atoms with Crippen LogP contribution in [0.4, 0.5) is 0 Å². The van der Waals surface area contributed by atoms with Gasteiger partial charge in [0, 0.05) is 17.2 Å². The van der Waals surface area contributed by atoms with E-state index in [9.17, 15) is 9.59 Å². The van der Waals surface area contributed by atoms with Crippen molar-refractivity contribution in [3.8, 4) is 11.3 Å². The number of benzene rings is 2. The average Bonchev–Trinajstić information content (AvgIpc) is 3.43. The van der Waals surface area contributed by atoms with Crippen molar-refractivity contribution in [3.63, 3.8) is 0 Å². The minimum Gasteiger partial charge on any atom is -0.457 e. The van der Waals surface area contributed by atoms with Crippen LogP contribution < -0.4 is 15.8 Å². The Morgan fingerprint density at radius 2 is 1.90 bits per heavy atom. The summed E-state index contributed by atoms with van der Waals surface area (Å²) in [7, 11) is 0. The maximum atomic E-state index is 12.8. The van der Waals surface area contributed by atoms with E-state index in [-0.39, 0.29) is 17.9 Å². The van der Waals surface area contributed by atoms with Gasteiger partial charge < -0.3 is 10.2 Å². The summed E-state index contributed by atoms with van der Waals surface area (Å²) in [6, 6.07) is 18.3. The Morgan fingerprint density at radius 1 is 1.10 bits per heavy atom. The number of hydrogen-bond acceptors (Lipinski definition) is 6. The van der Waals surface area contributed by atoms with Gasteiger partial charge in [-0.05, 0) is 24.3 Å². The second-order valence-corrected chi connectivity index (χ2v) is 7.55. The van der Waals surface area contributed by atoms with Crippen LogP contribution in [0.5, 0.6) is 0 Å². The monoisotopic (exact) mass is 401 g/mol. The van der Waals surface area contributed by atoms with Gasteiger partial charge in [-0.2, -0.15) is 0 Å². The molecule has 29 heavy (non-hydrogen) atoms. The molecule has 3 heterocycles. The van der Waals surface area contributed by atoms with Crippen LogP contribution in [-0.4, -0.2) is 21.7 Å². The van der Waals surface area contributed by atoms with E-state index in [1.165, 1.54) is 11.3 Å². The molecule has 0 aliphatic carbocycles. The standard InChI is InChI=1S/C22H15N3O3S/c23-12-18(26)13-5-7-14(8-6-13)19-10-9-15(28-19)11-20-21(27)25-17-4-2-1-3-16(17)24-22(25)29-20/h1-11H,12,23H2/b20-11+. The van der Waals surface area contributed by atoms with Crippen LogP contribution >= 0.6 is 11.3 Å². The molecule has 6 nitrogen and oxygen atoms in total. The molecule has 0 bridgehead atoms. The quantitative estimate of drug-likeness (QED) is 0.468. The van der Waals surface area contributed by atoms with Crippen molar-refractivity contribution in [2.24, 2.45) is 5.73 Å². The Balaban J connectivity index is 1.52. The molecular weight excluding hydrogens is 386 g/mol. The fourth-order valence-electron chi connectivity index (χ4n) is 3.27. The third kappa shape index (κ3) is 2.97. The molecule has 0 amide bonds. The Hall–Kier alpha value is -3.55. The van der Waals surface area contributed by atoms with Crippen molar-refractivity contribution in [1.82, 2.24) is 9.38 Å². The molecule has 0 saturated carbocycles. The van der Waals surface area contributed by atoms with E-state index in [2.05, 4.69) is 4.98 Å². The number of para-hydroxylation sites is 2. The van der Waals surface area contributed by atoms with Crippen molar-refractivity contribution in [1.29, 1.82) is 0 Å². The Bertz CT molecular complexity index is 1480. The summed E-state index contributed by atoms with van der Waals surface area (Å²) >= 11 is 1.33. The van der Waals surface area contributed by atoms with E-state index in [1.54, 1.807) is 22.6 Å². The van der Waals surface area contributed by atoms with Gasteiger partial charge in [-0.3, -0.25) is 9.59 Å². The number of aromatic nitrogens is 2. The number of fused-ring (bicyclic) bond motifs is 3. The van der Waals surface area contributed by atoms with E-state index in [1.807, 2.05) is 48.5 Å². The van der Waals surface area contributed by atoms with Gasteiger partial charge in [0.05, 0.1) is 17.6 Å². The molecule has 142 valence electrons. The van der Waals surface area contributed by atoms with Gasteiger partial charge in [0.2, 0.25) is 0 Å². The van der Waals surface area contributed by atoms with Crippen LogP contribution in [0.25, 0.3) is 33.4 Å². The summed E-state index contributed by atoms with van der Waals surface area (Å²) in [5.41, 5.74) is 8.30. The smallest absolute Gasteiger partial charge is 0.275 e. The lowest BCUT2D eigenvalue weighted by molar-refractivity contribution is 0.100. The van der Waals surface area contributed by atoms with Crippen LogP contribution in [-0.2, 0) is 0 Å². The summed E-state index contributed by atoms with van der Waals surface area (Å²) in [6.07, 6.45) is 1.73. The highest BCUT2D eigenvalue weighted by atomic mass is 32.1. The second kappa shape index (κ2) is 6.80. The largest absolute Gasteiger partial charge is 0.457 e. The third-order valence-corrected chi connectivity index (χ3v) is 5.69. The maximum absolute atomic E-state index is 12.8. The third-order valence-electron chi connectivity index (χ3n) is 4.72. The molecule has 0 aliphatic rings. The maximum Gasteiger partial charge on any atom is 0.275 e. The van der Waals surface area contributed by atoms with Crippen molar-refractivity contribution in [2.45, 2.75) is 0 Å². The van der Waals surface area contributed by atoms with Crippen LogP contribution in [0.3, 0.4) is 0 Å². The summed E-state index contributed by atoms with van der Waals surface area (Å²) in [6.45, 7) is -0.0176. The first-order chi connectivity index (χ1) is 14.1. The van der Waals surface area contributed by atoms with Crippen LogP contribution in [0.2, 0.25) is 0 Å². The summed E-state index contributed by atoms with van der Waals surface area (Å²) in [4.78, 5) is 29.7. The van der Waals surface area contributed by atoms with Gasteiger partial charge in [-0.25, -0.2) is 9.38 Å². The number of carbonyl (C=O) groups is 1. The van der Waals surface area contributed by atoms with E-state index < -0.39 is 0 Å². The van der Waals surface area contributed by atoms with E-state index >= 15 is 0 Å². The fraction of sp³-hybridized carbons (Fsp3) is 0.0455. The Kier molecular flexibility index (Phi) is 4.12. The highest BCUT2D eigenvalue weighted by molar-refractivity contribution is 7.15. The predicted molar refractivity (Wildman–Crippen MR) is 113 cm³/mol. The lowest BCUT2D eigenvalue weighted by atomic mass is 10.1. The first-order valence-corrected chi connectivity index (χ1v) is 9.81. The normalized spacial score (nSPS) is 12.2. The van der Waals surface area contributed by atoms with Crippen LogP contribution in [0.15, 0.2) is 69.9 Å². The van der Waals surface area contributed by atoms with Crippen LogP contribution in [0.1, 0.15) is 16.1 Å². The highest BCUT2D eigenvalue weighted by Gasteiger charge is 2.11. The number of thiazole rings is 1. The van der Waals surface area contributed by atoms with Crippen LogP contribution in [0, 0.1) is 0 Å². The molecular formula is C22H15N3O3S. The average molecular weight is 401 g/mol. The molecule has 0 atom stereocenters. The molecule has 5 rings (SSSR count).